The van der Waals surface area contributed by atoms with Crippen LogP contribution in [0.5, 0.6) is 0 Å². The fraction of sp³-hybridized carbons (Fsp3) is 0.217. The van der Waals surface area contributed by atoms with Crippen molar-refractivity contribution in [3.05, 3.63) is 77.7 Å². The Morgan fingerprint density at radius 2 is 1.70 bits per heavy atom. The van der Waals surface area contributed by atoms with Gasteiger partial charge in [-0.1, -0.05) is 56.3 Å². The van der Waals surface area contributed by atoms with Crippen molar-refractivity contribution in [3.63, 3.8) is 0 Å². The molecule has 0 saturated carbocycles. The molecular formula is C23H22FNO2. The van der Waals surface area contributed by atoms with Crippen LogP contribution in [-0.4, -0.2) is 16.1 Å². The van der Waals surface area contributed by atoms with Crippen LogP contribution in [0.2, 0.25) is 0 Å². The summed E-state index contributed by atoms with van der Waals surface area (Å²) < 4.78 is 13.4. The molecule has 0 atom stereocenters. The summed E-state index contributed by atoms with van der Waals surface area (Å²) >= 11 is 0. The van der Waals surface area contributed by atoms with E-state index in [0.717, 1.165) is 33.6 Å². The minimum Gasteiger partial charge on any atom is -0.481 e. The summed E-state index contributed by atoms with van der Waals surface area (Å²) in [5, 5.41) is 9.16. The Balaban J connectivity index is 2.23. The number of carboxylic acid groups (broad SMARTS) is 1. The zero-order valence-electron chi connectivity index (χ0n) is 15.4. The van der Waals surface area contributed by atoms with Crippen molar-refractivity contribution in [1.29, 1.82) is 0 Å². The highest BCUT2D eigenvalue weighted by atomic mass is 19.1. The third-order valence-electron chi connectivity index (χ3n) is 4.52. The van der Waals surface area contributed by atoms with E-state index in [2.05, 4.69) is 13.8 Å². The minimum absolute atomic E-state index is 0.0281. The Kier molecular flexibility index (Phi) is 5.65. The Bertz CT molecular complexity index is 935. The average Bonchev–Trinajstić information content (AvgIpc) is 2.67. The summed E-state index contributed by atoms with van der Waals surface area (Å²) in [4.78, 5) is 16.0. The van der Waals surface area contributed by atoms with Crippen molar-refractivity contribution in [2.24, 2.45) is 0 Å². The van der Waals surface area contributed by atoms with Crippen LogP contribution in [-0.2, 0) is 11.2 Å². The third kappa shape index (κ3) is 4.40. The maximum atomic E-state index is 13.4. The van der Waals surface area contributed by atoms with Gasteiger partial charge in [-0.15, -0.1) is 0 Å². The number of rotatable bonds is 6. The van der Waals surface area contributed by atoms with E-state index >= 15 is 0 Å². The van der Waals surface area contributed by atoms with E-state index in [1.807, 2.05) is 36.4 Å². The molecule has 0 aliphatic carbocycles. The molecule has 3 nitrogen and oxygen atoms in total. The first-order chi connectivity index (χ1) is 13.0. The summed E-state index contributed by atoms with van der Waals surface area (Å²) in [5.41, 5.74) is 5.40. The average molecular weight is 363 g/mol. The Morgan fingerprint density at radius 3 is 2.30 bits per heavy atom. The molecule has 1 aromatic heterocycles. The molecule has 0 bridgehead atoms. The predicted octanol–water partition coefficient (Wildman–Crippen LogP) is 5.70. The number of aliphatic carboxylic acids is 1. The van der Waals surface area contributed by atoms with Gasteiger partial charge in [-0.3, -0.25) is 9.78 Å². The maximum absolute atomic E-state index is 13.4. The first-order valence-electron chi connectivity index (χ1n) is 9.02. The Hall–Kier alpha value is -3.01. The molecule has 0 aliphatic rings. The van der Waals surface area contributed by atoms with Crippen molar-refractivity contribution in [2.75, 3.05) is 0 Å². The maximum Gasteiger partial charge on any atom is 0.303 e. The van der Waals surface area contributed by atoms with Gasteiger partial charge in [0.2, 0.25) is 0 Å². The molecule has 3 rings (SSSR count). The number of carboxylic acids is 1. The number of hydrogen-bond donors (Lipinski definition) is 1. The van der Waals surface area contributed by atoms with Gasteiger partial charge in [0.15, 0.2) is 0 Å². The molecule has 0 aliphatic heterocycles. The predicted molar refractivity (Wildman–Crippen MR) is 105 cm³/mol. The van der Waals surface area contributed by atoms with E-state index < -0.39 is 5.97 Å². The molecule has 0 saturated heterocycles. The van der Waals surface area contributed by atoms with E-state index in [4.69, 9.17) is 10.1 Å². The second-order valence-corrected chi connectivity index (χ2v) is 6.84. The van der Waals surface area contributed by atoms with Crippen LogP contribution in [0.3, 0.4) is 0 Å². The van der Waals surface area contributed by atoms with Crippen LogP contribution in [0.15, 0.2) is 60.7 Å². The van der Waals surface area contributed by atoms with Crippen molar-refractivity contribution in [3.8, 4) is 22.4 Å². The monoisotopic (exact) mass is 363 g/mol. The van der Waals surface area contributed by atoms with Crippen LogP contribution in [0.1, 0.15) is 37.4 Å². The summed E-state index contributed by atoms with van der Waals surface area (Å²) in [6.07, 6.45) is 0.415. The summed E-state index contributed by atoms with van der Waals surface area (Å²) in [7, 11) is 0. The molecule has 2 aromatic carbocycles. The lowest BCUT2D eigenvalue weighted by Crippen LogP contribution is -2.07. The zero-order valence-corrected chi connectivity index (χ0v) is 15.4. The van der Waals surface area contributed by atoms with Crippen molar-refractivity contribution in [1.82, 2.24) is 4.98 Å². The number of nitrogens with zero attached hydrogens (tertiary/aromatic N) is 1. The highest BCUT2D eigenvalue weighted by Crippen LogP contribution is 2.34. The van der Waals surface area contributed by atoms with Gasteiger partial charge in [0, 0.05) is 17.7 Å². The number of halogens is 1. The lowest BCUT2D eigenvalue weighted by Gasteiger charge is -2.19. The Morgan fingerprint density at radius 1 is 1.04 bits per heavy atom. The van der Waals surface area contributed by atoms with E-state index in [1.165, 1.54) is 12.1 Å². The van der Waals surface area contributed by atoms with Crippen LogP contribution < -0.4 is 0 Å². The quantitative estimate of drug-likeness (QED) is 0.611. The summed E-state index contributed by atoms with van der Waals surface area (Å²) in [5.74, 6) is -1.01. The molecule has 0 unspecified atom stereocenters. The molecular weight excluding hydrogens is 341 g/mol. The molecule has 0 spiro atoms. The second kappa shape index (κ2) is 8.12. The van der Waals surface area contributed by atoms with Gasteiger partial charge in [0.25, 0.3) is 0 Å². The number of carbonyl (C=O) groups is 1. The molecule has 0 fully saturated rings. The smallest absolute Gasteiger partial charge is 0.303 e. The lowest BCUT2D eigenvalue weighted by atomic mass is 9.90. The standard InChI is InChI=1S/C23H22FNO2/c1-15(2)23-19(12-13-22(26)27)20(16-8-10-18(24)11-9-16)14-21(25-23)17-6-4-3-5-7-17/h3-11,14-15H,12-13H2,1-2H3,(H,26,27). The number of benzene rings is 2. The summed E-state index contributed by atoms with van der Waals surface area (Å²) in [6.45, 7) is 4.10. The number of hydrogen-bond acceptors (Lipinski definition) is 2. The molecule has 3 aromatic rings. The van der Waals surface area contributed by atoms with Gasteiger partial charge in [0.05, 0.1) is 5.69 Å². The largest absolute Gasteiger partial charge is 0.481 e. The van der Waals surface area contributed by atoms with Gasteiger partial charge in [0.1, 0.15) is 5.82 Å². The molecule has 138 valence electrons. The fourth-order valence-corrected chi connectivity index (χ4v) is 3.21. The molecule has 4 heteroatoms. The van der Waals surface area contributed by atoms with Crippen LogP contribution in [0.25, 0.3) is 22.4 Å². The molecule has 0 radical (unpaired) electrons. The second-order valence-electron chi connectivity index (χ2n) is 6.84. The third-order valence-corrected chi connectivity index (χ3v) is 4.52. The Labute approximate surface area is 158 Å². The van der Waals surface area contributed by atoms with Gasteiger partial charge in [-0.2, -0.15) is 0 Å². The number of pyridine rings is 1. The van der Waals surface area contributed by atoms with Crippen molar-refractivity contribution >= 4 is 5.97 Å². The SMILES string of the molecule is CC(C)c1nc(-c2ccccc2)cc(-c2ccc(F)cc2)c1CCC(=O)O. The number of aromatic nitrogens is 1. The topological polar surface area (TPSA) is 50.2 Å². The summed E-state index contributed by atoms with van der Waals surface area (Å²) in [6, 6.07) is 18.2. The molecule has 1 N–H and O–H groups in total. The molecule has 0 amide bonds. The van der Waals surface area contributed by atoms with E-state index in [-0.39, 0.29) is 18.2 Å². The van der Waals surface area contributed by atoms with Gasteiger partial charge >= 0.3 is 5.97 Å². The van der Waals surface area contributed by atoms with E-state index in [9.17, 15) is 9.18 Å². The van der Waals surface area contributed by atoms with E-state index in [1.54, 1.807) is 12.1 Å². The molecule has 1 heterocycles. The fourth-order valence-electron chi connectivity index (χ4n) is 3.21. The van der Waals surface area contributed by atoms with Crippen LogP contribution in [0.4, 0.5) is 4.39 Å². The van der Waals surface area contributed by atoms with Crippen LogP contribution in [0, 0.1) is 5.82 Å². The minimum atomic E-state index is -0.845. The van der Waals surface area contributed by atoms with Gasteiger partial charge in [-0.05, 0) is 47.2 Å². The molecule has 27 heavy (non-hydrogen) atoms. The van der Waals surface area contributed by atoms with Crippen LogP contribution >= 0.6 is 0 Å². The highest BCUT2D eigenvalue weighted by Gasteiger charge is 2.18. The first-order valence-corrected chi connectivity index (χ1v) is 9.02. The van der Waals surface area contributed by atoms with Gasteiger partial charge in [-0.25, -0.2) is 4.39 Å². The van der Waals surface area contributed by atoms with E-state index in [0.29, 0.717) is 6.42 Å². The lowest BCUT2D eigenvalue weighted by molar-refractivity contribution is -0.136. The zero-order chi connectivity index (χ0) is 19.4. The highest BCUT2D eigenvalue weighted by molar-refractivity contribution is 5.75. The van der Waals surface area contributed by atoms with Crippen molar-refractivity contribution in [2.45, 2.75) is 32.6 Å². The first kappa shape index (κ1) is 18.8. The normalized spacial score (nSPS) is 11.0. The van der Waals surface area contributed by atoms with Crippen molar-refractivity contribution < 1.29 is 14.3 Å². The van der Waals surface area contributed by atoms with Gasteiger partial charge < -0.3 is 5.11 Å².